The lowest BCUT2D eigenvalue weighted by molar-refractivity contribution is 0.257. The van der Waals surface area contributed by atoms with Crippen molar-refractivity contribution >= 4 is 40.3 Å². The van der Waals surface area contributed by atoms with E-state index in [1.165, 1.54) is 0 Å². The van der Waals surface area contributed by atoms with Crippen LogP contribution in [-0.2, 0) is 0 Å². The molecule has 5 heteroatoms. The van der Waals surface area contributed by atoms with Crippen molar-refractivity contribution in [3.8, 4) is 5.75 Å². The van der Waals surface area contributed by atoms with Gasteiger partial charge in [-0.05, 0) is 42.5 Å². The average Bonchev–Trinajstić information content (AvgIpc) is 2.69. The number of carbonyl (C=O) groups is 1. The smallest absolute Gasteiger partial charge is 0.289 e. The normalized spacial score (nSPS) is 23.7. The third-order valence-electron chi connectivity index (χ3n) is 2.95. The van der Waals surface area contributed by atoms with Crippen molar-refractivity contribution in [2.75, 3.05) is 0 Å². The molecule has 1 amide bonds. The van der Waals surface area contributed by atoms with Gasteiger partial charge in [0.2, 0.25) is 0 Å². The minimum atomic E-state index is -0.123. The van der Waals surface area contributed by atoms with Crippen LogP contribution in [0.25, 0.3) is 6.08 Å². The Morgan fingerprint density at radius 3 is 2.95 bits per heavy atom. The number of nitrogens with one attached hydrogen (secondary N) is 1. The number of rotatable bonds is 1. The summed E-state index contributed by atoms with van der Waals surface area (Å²) in [5.41, 5.74) is 2.06. The highest BCUT2D eigenvalue weighted by Gasteiger charge is 2.24. The SMILES string of the molecule is C[C@H]1Oc2ccccc2C=C1/C=C1\SC(=O)NC1=S. The molecule has 3 rings (SSSR count). The number of hydrogen-bond donors (Lipinski definition) is 1. The van der Waals surface area contributed by atoms with Crippen LogP contribution >= 0.6 is 24.0 Å². The van der Waals surface area contributed by atoms with Crippen LogP contribution in [0.4, 0.5) is 4.79 Å². The standard InChI is InChI=1S/C14H11NO2S2/c1-8-10(7-12-13(18)15-14(16)19-12)6-9-4-2-3-5-11(9)17-8/h2-8H,1H3,(H,15,16,18)/b12-7-/t8-/m1/s1. The van der Waals surface area contributed by atoms with Gasteiger partial charge in [0.25, 0.3) is 5.24 Å². The number of thioether (sulfide) groups is 1. The van der Waals surface area contributed by atoms with Gasteiger partial charge >= 0.3 is 0 Å². The van der Waals surface area contributed by atoms with E-state index in [1.54, 1.807) is 0 Å². The second kappa shape index (κ2) is 4.83. The lowest BCUT2D eigenvalue weighted by atomic mass is 10.0. The van der Waals surface area contributed by atoms with Crippen LogP contribution in [0, 0.1) is 0 Å². The largest absolute Gasteiger partial charge is 0.485 e. The highest BCUT2D eigenvalue weighted by Crippen LogP contribution is 2.32. The van der Waals surface area contributed by atoms with Crippen molar-refractivity contribution < 1.29 is 9.53 Å². The van der Waals surface area contributed by atoms with E-state index in [0.29, 0.717) is 4.99 Å². The summed E-state index contributed by atoms with van der Waals surface area (Å²) in [5.74, 6) is 0.882. The third kappa shape index (κ3) is 2.43. The van der Waals surface area contributed by atoms with E-state index >= 15 is 0 Å². The molecule has 2 heterocycles. The van der Waals surface area contributed by atoms with Crippen LogP contribution in [0.15, 0.2) is 40.8 Å². The Hall–Kier alpha value is -1.59. The maximum atomic E-state index is 11.3. The molecule has 3 nitrogen and oxygen atoms in total. The number of para-hydroxylation sites is 1. The Bertz CT molecular complexity index is 634. The first kappa shape index (κ1) is 12.4. The van der Waals surface area contributed by atoms with Gasteiger partial charge in [0, 0.05) is 5.56 Å². The Balaban J connectivity index is 1.97. The second-order valence-corrected chi connectivity index (χ2v) is 5.72. The van der Waals surface area contributed by atoms with Crippen molar-refractivity contribution in [1.29, 1.82) is 0 Å². The molecule has 96 valence electrons. The van der Waals surface area contributed by atoms with E-state index in [2.05, 4.69) is 11.4 Å². The summed E-state index contributed by atoms with van der Waals surface area (Å²) >= 11 is 6.24. The maximum absolute atomic E-state index is 11.3. The molecule has 0 aromatic heterocycles. The van der Waals surface area contributed by atoms with E-state index in [9.17, 15) is 4.79 Å². The number of ether oxygens (including phenoxy) is 1. The van der Waals surface area contributed by atoms with E-state index < -0.39 is 0 Å². The summed E-state index contributed by atoms with van der Waals surface area (Å²) in [6.07, 6.45) is 3.94. The molecule has 1 saturated heterocycles. The fourth-order valence-corrected chi connectivity index (χ4v) is 3.03. The summed E-state index contributed by atoms with van der Waals surface area (Å²) < 4.78 is 5.85. The highest BCUT2D eigenvalue weighted by atomic mass is 32.2. The van der Waals surface area contributed by atoms with E-state index in [0.717, 1.165) is 33.6 Å². The first-order valence-electron chi connectivity index (χ1n) is 5.85. The zero-order valence-corrected chi connectivity index (χ0v) is 11.8. The average molecular weight is 289 g/mol. The fourth-order valence-electron chi connectivity index (χ4n) is 1.99. The highest BCUT2D eigenvalue weighted by molar-refractivity contribution is 8.19. The minimum Gasteiger partial charge on any atom is -0.485 e. The Morgan fingerprint density at radius 1 is 1.42 bits per heavy atom. The van der Waals surface area contributed by atoms with Crippen molar-refractivity contribution in [2.24, 2.45) is 0 Å². The van der Waals surface area contributed by atoms with Gasteiger partial charge < -0.3 is 10.1 Å². The van der Waals surface area contributed by atoms with Gasteiger partial charge in [0.15, 0.2) is 0 Å². The van der Waals surface area contributed by atoms with Crippen LogP contribution in [-0.4, -0.2) is 16.3 Å². The van der Waals surface area contributed by atoms with Crippen molar-refractivity contribution in [2.45, 2.75) is 13.0 Å². The molecule has 1 fully saturated rings. The van der Waals surface area contributed by atoms with Gasteiger partial charge in [-0.25, -0.2) is 0 Å². The second-order valence-electron chi connectivity index (χ2n) is 4.29. The van der Waals surface area contributed by atoms with Gasteiger partial charge in [-0.1, -0.05) is 30.4 Å². The number of fused-ring (bicyclic) bond motifs is 1. The first-order chi connectivity index (χ1) is 9.13. The predicted octanol–water partition coefficient (Wildman–Crippen LogP) is 3.52. The van der Waals surface area contributed by atoms with E-state index in [1.807, 2.05) is 37.3 Å². The Morgan fingerprint density at radius 2 is 2.21 bits per heavy atom. The molecule has 19 heavy (non-hydrogen) atoms. The molecule has 0 saturated carbocycles. The van der Waals surface area contributed by atoms with Crippen LogP contribution in [0.5, 0.6) is 5.75 Å². The summed E-state index contributed by atoms with van der Waals surface area (Å²) in [7, 11) is 0. The van der Waals surface area contributed by atoms with Crippen molar-refractivity contribution in [3.05, 3.63) is 46.4 Å². The van der Waals surface area contributed by atoms with Crippen LogP contribution in [0.2, 0.25) is 0 Å². The maximum Gasteiger partial charge on any atom is 0.289 e. The summed E-state index contributed by atoms with van der Waals surface area (Å²) in [5, 5.41) is 2.49. The fraction of sp³-hybridized carbons (Fsp3) is 0.143. The van der Waals surface area contributed by atoms with Gasteiger partial charge in [0.05, 0.1) is 4.91 Å². The topological polar surface area (TPSA) is 38.3 Å². The minimum absolute atomic E-state index is 0.0542. The van der Waals surface area contributed by atoms with Gasteiger partial charge in [-0.3, -0.25) is 4.79 Å². The Labute approximate surface area is 120 Å². The molecule has 0 bridgehead atoms. The molecular formula is C14H11NO2S2. The molecule has 0 unspecified atom stereocenters. The molecule has 0 radical (unpaired) electrons. The molecule has 1 aromatic rings. The number of amides is 1. The molecular weight excluding hydrogens is 278 g/mol. The third-order valence-corrected chi connectivity index (χ3v) is 4.23. The van der Waals surface area contributed by atoms with Crippen molar-refractivity contribution in [3.63, 3.8) is 0 Å². The van der Waals surface area contributed by atoms with Crippen LogP contribution in [0.3, 0.4) is 0 Å². The molecule has 1 aromatic carbocycles. The van der Waals surface area contributed by atoms with Crippen molar-refractivity contribution in [1.82, 2.24) is 5.32 Å². The summed E-state index contributed by atoms with van der Waals surface area (Å²) in [6.45, 7) is 1.98. The van der Waals surface area contributed by atoms with E-state index in [-0.39, 0.29) is 11.3 Å². The molecule has 1 N–H and O–H groups in total. The molecule has 0 spiro atoms. The zero-order valence-electron chi connectivity index (χ0n) is 10.2. The first-order valence-corrected chi connectivity index (χ1v) is 7.08. The Kier molecular flexibility index (Phi) is 3.16. The molecule has 2 aliphatic heterocycles. The quantitative estimate of drug-likeness (QED) is 0.634. The summed E-state index contributed by atoms with van der Waals surface area (Å²) in [4.78, 5) is 12.5. The van der Waals surface area contributed by atoms with Gasteiger partial charge in [-0.2, -0.15) is 0 Å². The van der Waals surface area contributed by atoms with Crippen LogP contribution in [0.1, 0.15) is 12.5 Å². The van der Waals surface area contributed by atoms with Gasteiger partial charge in [0.1, 0.15) is 16.8 Å². The lowest BCUT2D eigenvalue weighted by Gasteiger charge is -2.23. The molecule has 1 atom stereocenters. The van der Waals surface area contributed by atoms with E-state index in [4.69, 9.17) is 17.0 Å². The zero-order chi connectivity index (χ0) is 13.4. The predicted molar refractivity (Wildman–Crippen MR) is 81.3 cm³/mol. The number of carbonyl (C=O) groups excluding carboxylic acids is 1. The lowest BCUT2D eigenvalue weighted by Crippen LogP contribution is -2.19. The summed E-state index contributed by atoms with van der Waals surface area (Å²) in [6, 6.07) is 7.88. The molecule has 2 aliphatic rings. The van der Waals surface area contributed by atoms with Crippen LogP contribution < -0.4 is 10.1 Å². The number of hydrogen-bond acceptors (Lipinski definition) is 4. The van der Waals surface area contributed by atoms with Gasteiger partial charge in [-0.15, -0.1) is 0 Å². The number of benzene rings is 1. The monoisotopic (exact) mass is 289 g/mol. The molecule has 0 aliphatic carbocycles. The number of thiocarbonyl (C=S) groups is 1.